The fourth-order valence-corrected chi connectivity index (χ4v) is 16.4. The molecule has 9 nitrogen and oxygen atoms in total. The average Bonchev–Trinajstić information content (AvgIpc) is 3.36. The van der Waals surface area contributed by atoms with Gasteiger partial charge in [0.2, 0.25) is 16.5 Å². The summed E-state index contributed by atoms with van der Waals surface area (Å²) in [5.41, 5.74) is 9.75. The number of benzene rings is 6. The van der Waals surface area contributed by atoms with Gasteiger partial charge < -0.3 is 65.6 Å². The highest BCUT2D eigenvalue weighted by atomic mass is 79.9. The van der Waals surface area contributed by atoms with E-state index in [9.17, 15) is 14.4 Å². The SMILES string of the molecule is O=C1[NH2+]C2SCC(Br)C(c3ccccc3)N2c2ccccc21.O=C1[NH2+]C2SCC(Br)C(c3ccccc3)N2c2ccccc21.O=C1[NH2+]C2SCC(Br)C(c3ccccc3)N2c2ccccc21.[Br-].[Br-].[Br-]. The number of primary amides is 3. The summed E-state index contributed by atoms with van der Waals surface area (Å²) >= 11 is 17.0. The number of anilines is 3. The zero-order valence-corrected chi connectivity index (χ0v) is 48.7. The normalized spacial score (nSPS) is 26.0. The maximum atomic E-state index is 12.4. The first kappa shape index (κ1) is 54.3. The van der Waals surface area contributed by atoms with E-state index in [2.05, 4.69) is 153 Å². The Morgan fingerprint density at radius 1 is 0.362 bits per heavy atom. The van der Waals surface area contributed by atoms with E-state index < -0.39 is 0 Å². The highest BCUT2D eigenvalue weighted by molar-refractivity contribution is 9.10. The summed E-state index contributed by atoms with van der Waals surface area (Å²) in [6.45, 7) is 0. The first-order valence-corrected chi connectivity index (χ1v) is 27.9. The van der Waals surface area contributed by atoms with E-state index in [1.165, 1.54) is 16.7 Å². The Kier molecular flexibility index (Phi) is 19.3. The molecule has 0 aromatic heterocycles. The zero-order valence-electron chi connectivity index (χ0n) is 36.7. The van der Waals surface area contributed by atoms with E-state index in [4.69, 9.17) is 0 Å². The number of amides is 3. The number of rotatable bonds is 3. The van der Waals surface area contributed by atoms with Crippen LogP contribution in [-0.2, 0) is 0 Å². The van der Waals surface area contributed by atoms with Gasteiger partial charge in [0.1, 0.15) is 16.7 Å². The highest BCUT2D eigenvalue weighted by Crippen LogP contribution is 2.46. The Labute approximate surface area is 472 Å². The topological polar surface area (TPSA) is 111 Å². The van der Waals surface area contributed by atoms with Crippen LogP contribution in [0.2, 0.25) is 0 Å². The molecule has 0 aliphatic carbocycles. The quantitative estimate of drug-likeness (QED) is 0.198. The molecule has 3 fully saturated rings. The van der Waals surface area contributed by atoms with E-state index in [-0.39, 0.29) is 103 Å². The van der Waals surface area contributed by atoms with Crippen LogP contribution in [0.1, 0.15) is 65.9 Å². The van der Waals surface area contributed by atoms with Crippen molar-refractivity contribution < 1.29 is 81.3 Å². The van der Waals surface area contributed by atoms with Crippen molar-refractivity contribution in [2.24, 2.45) is 0 Å². The van der Waals surface area contributed by atoms with Crippen molar-refractivity contribution in [2.45, 2.75) is 49.1 Å². The summed E-state index contributed by atoms with van der Waals surface area (Å²) in [5.74, 6) is 3.41. The van der Waals surface area contributed by atoms with Gasteiger partial charge in [-0.15, -0.1) is 0 Å². The number of hydrogen-bond acceptors (Lipinski definition) is 9. The Bertz CT molecular complexity index is 2430. The van der Waals surface area contributed by atoms with Crippen LogP contribution < -0.4 is 81.6 Å². The number of carbonyl (C=O) groups excluding carboxylic acids is 3. The van der Waals surface area contributed by atoms with Crippen LogP contribution in [-0.4, -0.2) is 66.0 Å². The molecule has 0 radical (unpaired) electrons. The zero-order chi connectivity index (χ0) is 45.3. The second-order valence-corrected chi connectivity index (χ2v) is 23.6. The van der Waals surface area contributed by atoms with Crippen LogP contribution in [0.4, 0.5) is 17.1 Å². The number of thioether (sulfide) groups is 3. The number of alkyl halides is 3. The van der Waals surface area contributed by atoms with Crippen molar-refractivity contribution in [3.05, 3.63) is 197 Å². The van der Waals surface area contributed by atoms with E-state index in [1.54, 1.807) is 0 Å². The van der Waals surface area contributed by atoms with E-state index in [0.717, 1.165) is 51.0 Å². The number of hydrogen-bond donors (Lipinski definition) is 3. The molecule has 0 spiro atoms. The maximum Gasteiger partial charge on any atom is 0.347 e. The molecule has 360 valence electrons. The van der Waals surface area contributed by atoms with Crippen molar-refractivity contribution in [3.63, 3.8) is 0 Å². The van der Waals surface area contributed by atoms with Gasteiger partial charge in [0.25, 0.3) is 0 Å². The molecule has 69 heavy (non-hydrogen) atoms. The number of para-hydroxylation sites is 3. The Hall–Kier alpha value is -2.46. The number of quaternary nitrogens is 3. The molecule has 6 aromatic rings. The van der Waals surface area contributed by atoms with Crippen molar-refractivity contribution in [3.8, 4) is 0 Å². The van der Waals surface area contributed by atoms with Gasteiger partial charge >= 0.3 is 17.7 Å². The number of fused-ring (bicyclic) bond motifs is 9. The summed E-state index contributed by atoms with van der Waals surface area (Å²) in [6, 6.07) is 56.2. The van der Waals surface area contributed by atoms with Crippen molar-refractivity contribution in [1.82, 2.24) is 0 Å². The van der Waals surface area contributed by atoms with Gasteiger partial charge in [-0.25, -0.2) is 14.4 Å². The molecular weight excluding hydrogens is 1320 g/mol. The number of nitrogens with two attached hydrogens (primary N) is 3. The molecule has 3 saturated heterocycles. The van der Waals surface area contributed by atoms with E-state index >= 15 is 0 Å². The molecule has 12 rings (SSSR count). The predicted octanol–water partition coefficient (Wildman–Crippen LogP) is -0.752. The fraction of sp³-hybridized carbons (Fsp3) is 0.235. The summed E-state index contributed by atoms with van der Waals surface area (Å²) < 4.78 is 0. The second-order valence-electron chi connectivity index (χ2n) is 16.7. The third-order valence-corrected chi connectivity index (χ3v) is 20.2. The molecule has 18 heteroatoms. The minimum absolute atomic E-state index is 0. The van der Waals surface area contributed by atoms with Crippen molar-refractivity contribution in [2.75, 3.05) is 32.0 Å². The lowest BCUT2D eigenvalue weighted by atomic mass is 9.99. The molecule has 6 N–H and O–H groups in total. The third-order valence-electron chi connectivity index (χ3n) is 12.7. The van der Waals surface area contributed by atoms with Gasteiger partial charge in [-0.05, 0) is 53.1 Å². The Morgan fingerprint density at radius 2 is 0.594 bits per heavy atom. The van der Waals surface area contributed by atoms with Gasteiger partial charge in [0.05, 0.1) is 35.2 Å². The number of nitrogens with zero attached hydrogens (tertiary/aromatic N) is 3. The molecule has 0 bridgehead atoms. The summed E-state index contributed by atoms with van der Waals surface area (Å²) in [4.78, 5) is 45.3. The molecule has 0 saturated carbocycles. The Balaban J connectivity index is 0.000000150. The van der Waals surface area contributed by atoms with Crippen LogP contribution in [0.25, 0.3) is 0 Å². The van der Waals surface area contributed by atoms with Gasteiger partial charge in [0.15, 0.2) is 0 Å². The second kappa shape index (κ2) is 24.5. The maximum absolute atomic E-state index is 12.4. The highest BCUT2D eigenvalue weighted by Gasteiger charge is 2.48. The van der Waals surface area contributed by atoms with Crippen LogP contribution >= 0.6 is 83.1 Å². The Morgan fingerprint density at radius 3 is 0.855 bits per heavy atom. The van der Waals surface area contributed by atoms with Gasteiger partial charge in [-0.1, -0.05) is 210 Å². The van der Waals surface area contributed by atoms with Crippen LogP contribution in [0.3, 0.4) is 0 Å². The van der Waals surface area contributed by atoms with Crippen molar-refractivity contribution >= 4 is 118 Å². The minimum atomic E-state index is 0. The summed E-state index contributed by atoms with van der Waals surface area (Å²) in [7, 11) is 0. The summed E-state index contributed by atoms with van der Waals surface area (Å²) in [6.07, 6.45) is 0. The van der Waals surface area contributed by atoms with Crippen LogP contribution in [0.5, 0.6) is 0 Å². The number of halogens is 6. The fourth-order valence-electron chi connectivity index (χ4n) is 9.77. The molecular formula is C51H48Br6N6O3S3. The third kappa shape index (κ3) is 11.2. The smallest absolute Gasteiger partial charge is 0.347 e. The van der Waals surface area contributed by atoms with E-state index in [1.807, 2.05) is 124 Å². The standard InChI is InChI=1S/3C17H15BrN2OS.3BrH/c3*18-13-10-22-17-19-16(21)12-8-4-5-9-14(12)20(17)15(13)11-6-2-1-3-7-11;;;/h3*1-9,13,15,17H,10H2,(H,19,21);3*1H. The lowest BCUT2D eigenvalue weighted by Gasteiger charge is -2.46. The molecule has 9 atom stereocenters. The summed E-state index contributed by atoms with van der Waals surface area (Å²) in [5, 5.41) is 5.59. The van der Waals surface area contributed by atoms with Gasteiger partial charge in [0, 0.05) is 31.7 Å². The van der Waals surface area contributed by atoms with Crippen LogP contribution in [0, 0.1) is 0 Å². The molecule has 9 unspecified atom stereocenters. The van der Waals surface area contributed by atoms with Gasteiger partial charge in [-0.2, -0.15) is 0 Å². The average molecular weight is 1370 g/mol. The van der Waals surface area contributed by atoms with E-state index in [0.29, 0.717) is 14.5 Å². The lowest BCUT2D eigenvalue weighted by molar-refractivity contribution is -0.572. The molecule has 6 aliphatic heterocycles. The first-order valence-electron chi connectivity index (χ1n) is 22.0. The molecule has 6 aliphatic rings. The molecule has 6 heterocycles. The predicted molar refractivity (Wildman–Crippen MR) is 280 cm³/mol. The number of carbonyl (C=O) groups is 3. The largest absolute Gasteiger partial charge is 1.00 e. The lowest BCUT2D eigenvalue weighted by Crippen LogP contribution is -3.00. The van der Waals surface area contributed by atoms with Gasteiger partial charge in [-0.3, -0.25) is 16.0 Å². The first-order chi connectivity index (χ1) is 32.3. The molecule has 3 amide bonds. The molecule has 6 aromatic carbocycles. The monoisotopic (exact) mass is 1360 g/mol. The minimum Gasteiger partial charge on any atom is -1.00 e. The van der Waals surface area contributed by atoms with Crippen LogP contribution in [0.15, 0.2) is 164 Å². The van der Waals surface area contributed by atoms with Crippen molar-refractivity contribution in [1.29, 1.82) is 0 Å².